The van der Waals surface area contributed by atoms with Crippen molar-refractivity contribution in [1.29, 1.82) is 0 Å². The van der Waals surface area contributed by atoms with Gasteiger partial charge >= 0.3 is 5.97 Å². The predicted molar refractivity (Wildman–Crippen MR) is 159 cm³/mol. The first-order valence-corrected chi connectivity index (χ1v) is 13.1. The summed E-state index contributed by atoms with van der Waals surface area (Å²) in [5.41, 5.74) is 9.33. The summed E-state index contributed by atoms with van der Waals surface area (Å²) in [6.45, 7) is 9.38. The van der Waals surface area contributed by atoms with E-state index in [0.717, 1.165) is 39.1 Å². The van der Waals surface area contributed by atoms with Crippen LogP contribution in [-0.4, -0.2) is 21.7 Å². The first-order valence-electron chi connectivity index (χ1n) is 13.1. The summed E-state index contributed by atoms with van der Waals surface area (Å²) in [4.78, 5) is 25.2. The largest absolute Gasteiger partial charge is 0.407 e. The molecule has 1 amide bonds. The SMILES string of the molecule is CC(=O)Oc1c(-c2ccc(NC(=O)c3ccccc3C)cc2)c(-c2cccc(C)c2)nn1-c1ccc(C)cc1C. The molecule has 0 aliphatic carbocycles. The van der Waals surface area contributed by atoms with Crippen molar-refractivity contribution in [3.8, 4) is 34.0 Å². The van der Waals surface area contributed by atoms with Gasteiger partial charge in [-0.2, -0.15) is 9.78 Å². The fourth-order valence-electron chi connectivity index (χ4n) is 4.84. The maximum Gasteiger partial charge on any atom is 0.309 e. The number of nitrogens with zero attached hydrogens (tertiary/aromatic N) is 2. The molecule has 1 aromatic heterocycles. The second-order valence-electron chi connectivity index (χ2n) is 10.0. The van der Waals surface area contributed by atoms with Gasteiger partial charge in [0.2, 0.25) is 5.88 Å². The third-order valence-corrected chi connectivity index (χ3v) is 6.78. The number of benzene rings is 4. The fraction of sp³-hybridized carbons (Fsp3) is 0.147. The molecule has 5 rings (SSSR count). The van der Waals surface area contributed by atoms with E-state index in [1.54, 1.807) is 10.7 Å². The van der Waals surface area contributed by atoms with Crippen LogP contribution in [0.15, 0.2) is 91.0 Å². The highest BCUT2D eigenvalue weighted by molar-refractivity contribution is 6.05. The Morgan fingerprint density at radius 2 is 1.48 bits per heavy atom. The van der Waals surface area contributed by atoms with Crippen molar-refractivity contribution in [3.63, 3.8) is 0 Å². The van der Waals surface area contributed by atoms with Gasteiger partial charge in [0.1, 0.15) is 5.69 Å². The van der Waals surface area contributed by atoms with E-state index in [-0.39, 0.29) is 5.91 Å². The molecule has 0 fully saturated rings. The van der Waals surface area contributed by atoms with E-state index in [9.17, 15) is 9.59 Å². The van der Waals surface area contributed by atoms with Crippen LogP contribution in [0.25, 0.3) is 28.1 Å². The van der Waals surface area contributed by atoms with Gasteiger partial charge in [-0.1, -0.05) is 71.8 Å². The number of esters is 1. The number of aryl methyl sites for hydroxylation is 4. The van der Waals surface area contributed by atoms with E-state index >= 15 is 0 Å². The minimum Gasteiger partial charge on any atom is -0.407 e. The van der Waals surface area contributed by atoms with Gasteiger partial charge in [0.15, 0.2) is 0 Å². The highest BCUT2D eigenvalue weighted by Gasteiger charge is 2.25. The summed E-state index contributed by atoms with van der Waals surface area (Å²) in [5.74, 6) is -0.271. The molecule has 0 saturated heterocycles. The number of hydrogen-bond donors (Lipinski definition) is 1. The second-order valence-corrected chi connectivity index (χ2v) is 10.0. The van der Waals surface area contributed by atoms with Crippen molar-refractivity contribution in [2.75, 3.05) is 5.32 Å². The summed E-state index contributed by atoms with van der Waals surface area (Å²) in [7, 11) is 0. The van der Waals surface area contributed by atoms with E-state index in [4.69, 9.17) is 9.84 Å². The molecule has 5 aromatic rings. The zero-order valence-electron chi connectivity index (χ0n) is 23.3. The topological polar surface area (TPSA) is 73.2 Å². The fourth-order valence-corrected chi connectivity index (χ4v) is 4.84. The quantitative estimate of drug-likeness (QED) is 0.230. The molecular weight excluding hydrogens is 498 g/mol. The number of carbonyl (C=O) groups is 2. The monoisotopic (exact) mass is 529 g/mol. The molecule has 0 aliphatic heterocycles. The van der Waals surface area contributed by atoms with Crippen LogP contribution >= 0.6 is 0 Å². The minimum absolute atomic E-state index is 0.172. The molecular formula is C34H31N3O3. The lowest BCUT2D eigenvalue weighted by Crippen LogP contribution is -2.13. The van der Waals surface area contributed by atoms with Gasteiger partial charge in [-0.05, 0) is 74.7 Å². The maximum absolute atomic E-state index is 12.9. The van der Waals surface area contributed by atoms with E-state index in [0.29, 0.717) is 28.4 Å². The molecule has 6 nitrogen and oxygen atoms in total. The minimum atomic E-state index is -0.440. The summed E-state index contributed by atoms with van der Waals surface area (Å²) >= 11 is 0. The molecule has 40 heavy (non-hydrogen) atoms. The van der Waals surface area contributed by atoms with Gasteiger partial charge in [-0.15, -0.1) is 0 Å². The lowest BCUT2D eigenvalue weighted by molar-refractivity contribution is -0.132. The van der Waals surface area contributed by atoms with Gasteiger partial charge in [0.05, 0.1) is 11.3 Å². The van der Waals surface area contributed by atoms with Crippen LogP contribution in [0.3, 0.4) is 0 Å². The lowest BCUT2D eigenvalue weighted by atomic mass is 9.99. The average Bonchev–Trinajstić information content (AvgIpc) is 3.27. The number of ether oxygens (including phenoxy) is 1. The molecule has 1 heterocycles. The van der Waals surface area contributed by atoms with Crippen LogP contribution in [0.2, 0.25) is 0 Å². The van der Waals surface area contributed by atoms with Crippen molar-refractivity contribution in [2.45, 2.75) is 34.6 Å². The highest BCUT2D eigenvalue weighted by Crippen LogP contribution is 2.42. The van der Waals surface area contributed by atoms with E-state index in [2.05, 4.69) is 17.4 Å². The Morgan fingerprint density at radius 1 is 0.750 bits per heavy atom. The Kier molecular flexibility index (Phi) is 7.34. The van der Waals surface area contributed by atoms with Crippen LogP contribution in [0, 0.1) is 27.7 Å². The average molecular weight is 530 g/mol. The standard InChI is InChI=1S/C34H31N3O3/c1-21-9-8-11-27(20-21)32-31(34(40-25(5)38)37(36-32)30-18-13-22(2)19-24(30)4)26-14-16-28(17-15-26)35-33(39)29-12-7-6-10-23(29)3/h6-20H,1-5H3,(H,35,39). The normalized spacial score (nSPS) is 10.8. The summed E-state index contributed by atoms with van der Waals surface area (Å²) < 4.78 is 7.57. The first-order chi connectivity index (χ1) is 19.2. The molecule has 6 heteroatoms. The van der Waals surface area contributed by atoms with Gasteiger partial charge in [0, 0.05) is 23.7 Å². The van der Waals surface area contributed by atoms with Crippen LogP contribution < -0.4 is 10.1 Å². The Hall–Kier alpha value is -4.97. The summed E-state index contributed by atoms with van der Waals surface area (Å²) in [6.07, 6.45) is 0. The molecule has 0 saturated carbocycles. The third kappa shape index (κ3) is 5.43. The molecule has 0 unspecified atom stereocenters. The molecule has 0 radical (unpaired) electrons. The zero-order valence-corrected chi connectivity index (χ0v) is 23.3. The number of aromatic nitrogens is 2. The first kappa shape index (κ1) is 26.6. The Morgan fingerprint density at radius 3 is 2.15 bits per heavy atom. The van der Waals surface area contributed by atoms with E-state index < -0.39 is 5.97 Å². The number of nitrogens with one attached hydrogen (secondary N) is 1. The molecule has 4 aromatic carbocycles. The summed E-state index contributed by atoms with van der Waals surface area (Å²) in [6, 6.07) is 29.1. The molecule has 0 spiro atoms. The van der Waals surface area contributed by atoms with Gasteiger partial charge in [-0.25, -0.2) is 0 Å². The lowest BCUT2D eigenvalue weighted by Gasteiger charge is -2.12. The second kappa shape index (κ2) is 11.0. The third-order valence-electron chi connectivity index (χ3n) is 6.78. The van der Waals surface area contributed by atoms with Crippen LogP contribution in [-0.2, 0) is 4.79 Å². The number of anilines is 1. The maximum atomic E-state index is 12.9. The van der Waals surface area contributed by atoms with Crippen LogP contribution in [0.5, 0.6) is 5.88 Å². The van der Waals surface area contributed by atoms with Crippen LogP contribution in [0.4, 0.5) is 5.69 Å². The van der Waals surface area contributed by atoms with Gasteiger partial charge in [-0.3, -0.25) is 9.59 Å². The van der Waals surface area contributed by atoms with Gasteiger partial charge < -0.3 is 10.1 Å². The molecule has 1 N–H and O–H groups in total. The molecule has 0 atom stereocenters. The van der Waals surface area contributed by atoms with Crippen molar-refractivity contribution in [1.82, 2.24) is 9.78 Å². The molecule has 200 valence electrons. The van der Waals surface area contributed by atoms with Crippen molar-refractivity contribution in [3.05, 3.63) is 119 Å². The number of hydrogen-bond acceptors (Lipinski definition) is 4. The number of carbonyl (C=O) groups excluding carboxylic acids is 2. The Labute approximate surface area is 234 Å². The smallest absolute Gasteiger partial charge is 0.309 e. The van der Waals surface area contributed by atoms with Gasteiger partial charge in [0.25, 0.3) is 5.91 Å². The van der Waals surface area contributed by atoms with E-state index in [1.807, 2.05) is 100 Å². The highest BCUT2D eigenvalue weighted by atomic mass is 16.5. The van der Waals surface area contributed by atoms with Crippen LogP contribution in [0.1, 0.15) is 39.5 Å². The van der Waals surface area contributed by atoms with E-state index in [1.165, 1.54) is 6.92 Å². The van der Waals surface area contributed by atoms with Crippen molar-refractivity contribution >= 4 is 17.6 Å². The Balaban J connectivity index is 1.64. The van der Waals surface area contributed by atoms with Crippen molar-refractivity contribution < 1.29 is 14.3 Å². The molecule has 0 bridgehead atoms. The van der Waals surface area contributed by atoms with Crippen molar-refractivity contribution in [2.24, 2.45) is 0 Å². The summed E-state index contributed by atoms with van der Waals surface area (Å²) in [5, 5.41) is 7.98. The number of amides is 1. The number of rotatable bonds is 6. The molecule has 0 aliphatic rings. The predicted octanol–water partition coefficient (Wildman–Crippen LogP) is 7.62. The zero-order chi connectivity index (χ0) is 28.4. The Bertz CT molecular complexity index is 1730.